The maximum atomic E-state index is 13.1. The zero-order chi connectivity index (χ0) is 18.1. The van der Waals surface area contributed by atoms with Gasteiger partial charge in [-0.2, -0.15) is 13.2 Å². The topological polar surface area (TPSA) is 64.9 Å². The molecule has 132 valence electrons. The van der Waals surface area contributed by atoms with Crippen molar-refractivity contribution in [1.82, 2.24) is 0 Å². The van der Waals surface area contributed by atoms with Crippen LogP contribution in [0.3, 0.4) is 0 Å². The maximum Gasteiger partial charge on any atom is 0.416 e. The number of aliphatic imine (C=N–C) groups is 1. The lowest BCUT2D eigenvalue weighted by Crippen LogP contribution is -2.36. The number of benzene rings is 2. The van der Waals surface area contributed by atoms with Crippen LogP contribution in [0.1, 0.15) is 23.1 Å². The summed E-state index contributed by atoms with van der Waals surface area (Å²) in [5.41, 5.74) is -1.52. The Labute approximate surface area is 142 Å². The van der Waals surface area contributed by atoms with Gasteiger partial charge in [0.1, 0.15) is 5.84 Å². The average Bonchev–Trinajstić information content (AvgIpc) is 2.88. The van der Waals surface area contributed by atoms with Crippen molar-refractivity contribution in [3.05, 3.63) is 65.2 Å². The molecule has 1 aliphatic rings. The SMILES string of the molecule is OCCCN=C1Nc2ccccc2C1(O)c1cccc(C(F)(F)F)c1. The molecule has 0 amide bonds. The van der Waals surface area contributed by atoms with Gasteiger partial charge in [0, 0.05) is 24.4 Å². The number of amidine groups is 1. The van der Waals surface area contributed by atoms with Crippen LogP contribution >= 0.6 is 0 Å². The summed E-state index contributed by atoms with van der Waals surface area (Å²) in [7, 11) is 0. The zero-order valence-electron chi connectivity index (χ0n) is 13.2. The molecule has 1 atom stereocenters. The molecule has 0 saturated carbocycles. The van der Waals surface area contributed by atoms with Crippen LogP contribution in [0.4, 0.5) is 18.9 Å². The summed E-state index contributed by atoms with van der Waals surface area (Å²) in [6.45, 7) is 0.180. The van der Waals surface area contributed by atoms with Gasteiger partial charge in [0.05, 0.1) is 5.56 Å². The van der Waals surface area contributed by atoms with Crippen LogP contribution in [0.5, 0.6) is 0 Å². The van der Waals surface area contributed by atoms with Crippen molar-refractivity contribution in [2.24, 2.45) is 4.99 Å². The van der Waals surface area contributed by atoms with Crippen molar-refractivity contribution >= 4 is 11.5 Å². The van der Waals surface area contributed by atoms with E-state index in [1.165, 1.54) is 12.1 Å². The molecular formula is C18H17F3N2O2. The molecule has 0 fully saturated rings. The Bertz CT molecular complexity index is 805. The van der Waals surface area contributed by atoms with Crippen LogP contribution in [0.2, 0.25) is 0 Å². The smallest absolute Gasteiger partial charge is 0.396 e. The van der Waals surface area contributed by atoms with Crippen molar-refractivity contribution in [1.29, 1.82) is 0 Å². The number of halogens is 3. The molecule has 0 bridgehead atoms. The number of anilines is 1. The summed E-state index contributed by atoms with van der Waals surface area (Å²) >= 11 is 0. The molecule has 3 rings (SSSR count). The summed E-state index contributed by atoms with van der Waals surface area (Å²) in [6, 6.07) is 11.4. The Hall–Kier alpha value is -2.38. The third-order valence-corrected chi connectivity index (χ3v) is 4.11. The van der Waals surface area contributed by atoms with Crippen LogP contribution in [-0.2, 0) is 11.8 Å². The monoisotopic (exact) mass is 350 g/mol. The molecule has 1 aliphatic heterocycles. The van der Waals surface area contributed by atoms with E-state index in [0.717, 1.165) is 12.1 Å². The minimum atomic E-state index is -4.51. The third kappa shape index (κ3) is 3.12. The quantitative estimate of drug-likeness (QED) is 0.742. The maximum absolute atomic E-state index is 13.1. The Balaban J connectivity index is 2.13. The van der Waals surface area contributed by atoms with Crippen LogP contribution in [0.25, 0.3) is 0 Å². The molecule has 0 aliphatic carbocycles. The van der Waals surface area contributed by atoms with Crippen molar-refractivity contribution in [2.45, 2.75) is 18.2 Å². The van der Waals surface area contributed by atoms with Crippen LogP contribution in [0.15, 0.2) is 53.5 Å². The Kier molecular flexibility index (Phi) is 4.53. The van der Waals surface area contributed by atoms with Gasteiger partial charge in [0.25, 0.3) is 0 Å². The molecule has 4 nitrogen and oxygen atoms in total. The highest BCUT2D eigenvalue weighted by Crippen LogP contribution is 2.42. The largest absolute Gasteiger partial charge is 0.416 e. The van der Waals surface area contributed by atoms with Crippen molar-refractivity contribution < 1.29 is 23.4 Å². The first-order chi connectivity index (χ1) is 11.9. The molecular weight excluding hydrogens is 333 g/mol. The highest BCUT2D eigenvalue weighted by Gasteiger charge is 2.45. The van der Waals surface area contributed by atoms with Crippen molar-refractivity contribution in [3.63, 3.8) is 0 Å². The van der Waals surface area contributed by atoms with Gasteiger partial charge in [-0.05, 0) is 30.2 Å². The minimum absolute atomic E-state index is 0.0638. The van der Waals surface area contributed by atoms with Gasteiger partial charge in [-0.15, -0.1) is 0 Å². The Morgan fingerprint density at radius 1 is 1.08 bits per heavy atom. The molecule has 1 unspecified atom stereocenters. The highest BCUT2D eigenvalue weighted by atomic mass is 19.4. The summed E-state index contributed by atoms with van der Waals surface area (Å²) in [5.74, 6) is 0.154. The van der Waals surface area contributed by atoms with Crippen LogP contribution in [-0.4, -0.2) is 29.2 Å². The third-order valence-electron chi connectivity index (χ3n) is 4.11. The van der Waals surface area contributed by atoms with E-state index >= 15 is 0 Å². The van der Waals surface area contributed by atoms with E-state index in [2.05, 4.69) is 10.3 Å². The van der Waals surface area contributed by atoms with E-state index in [1.807, 2.05) is 0 Å². The summed E-state index contributed by atoms with van der Waals surface area (Å²) in [6.07, 6.45) is -4.12. The first kappa shape index (κ1) is 17.4. The molecule has 2 aromatic rings. The summed E-state index contributed by atoms with van der Waals surface area (Å²) in [4.78, 5) is 4.26. The van der Waals surface area contributed by atoms with E-state index in [1.54, 1.807) is 24.3 Å². The van der Waals surface area contributed by atoms with Gasteiger partial charge in [-0.25, -0.2) is 0 Å². The van der Waals surface area contributed by atoms with E-state index in [4.69, 9.17) is 5.11 Å². The first-order valence-corrected chi connectivity index (χ1v) is 7.80. The molecule has 7 heteroatoms. The predicted octanol–water partition coefficient (Wildman–Crippen LogP) is 3.15. The Morgan fingerprint density at radius 3 is 2.56 bits per heavy atom. The van der Waals surface area contributed by atoms with Gasteiger partial charge < -0.3 is 15.5 Å². The molecule has 3 N–H and O–H groups in total. The van der Waals surface area contributed by atoms with E-state index < -0.39 is 17.3 Å². The number of aliphatic hydroxyl groups excluding tert-OH is 1. The number of hydrogen-bond acceptors (Lipinski definition) is 3. The number of para-hydroxylation sites is 1. The number of alkyl halides is 3. The summed E-state index contributed by atoms with van der Waals surface area (Å²) in [5, 5.41) is 23.2. The minimum Gasteiger partial charge on any atom is -0.396 e. The first-order valence-electron chi connectivity index (χ1n) is 7.80. The molecule has 2 aromatic carbocycles. The fraction of sp³-hybridized carbons (Fsp3) is 0.278. The molecule has 0 saturated heterocycles. The normalized spacial score (nSPS) is 21.2. The number of rotatable bonds is 4. The molecule has 1 heterocycles. The Morgan fingerprint density at radius 2 is 1.84 bits per heavy atom. The lowest BCUT2D eigenvalue weighted by molar-refractivity contribution is -0.137. The molecule has 0 radical (unpaired) electrons. The number of fused-ring (bicyclic) bond motifs is 1. The van der Waals surface area contributed by atoms with Crippen LogP contribution in [0, 0.1) is 0 Å². The number of nitrogens with zero attached hydrogens (tertiary/aromatic N) is 1. The average molecular weight is 350 g/mol. The fourth-order valence-electron chi connectivity index (χ4n) is 2.88. The molecule has 0 aromatic heterocycles. The van der Waals surface area contributed by atoms with E-state index in [-0.39, 0.29) is 24.6 Å². The van der Waals surface area contributed by atoms with Gasteiger partial charge in [0.15, 0.2) is 5.60 Å². The second-order valence-corrected chi connectivity index (χ2v) is 5.77. The predicted molar refractivity (Wildman–Crippen MR) is 88.5 cm³/mol. The highest BCUT2D eigenvalue weighted by molar-refractivity contribution is 6.10. The second kappa shape index (κ2) is 6.50. The lowest BCUT2D eigenvalue weighted by atomic mass is 9.86. The van der Waals surface area contributed by atoms with Crippen molar-refractivity contribution in [2.75, 3.05) is 18.5 Å². The number of hydrogen-bond donors (Lipinski definition) is 3. The molecule has 25 heavy (non-hydrogen) atoms. The van der Waals surface area contributed by atoms with Gasteiger partial charge in [0.2, 0.25) is 0 Å². The molecule has 0 spiro atoms. The van der Waals surface area contributed by atoms with Gasteiger partial charge in [-0.3, -0.25) is 4.99 Å². The van der Waals surface area contributed by atoms with Crippen molar-refractivity contribution in [3.8, 4) is 0 Å². The van der Waals surface area contributed by atoms with E-state index in [0.29, 0.717) is 17.7 Å². The van der Waals surface area contributed by atoms with Gasteiger partial charge in [-0.1, -0.05) is 30.3 Å². The zero-order valence-corrected chi connectivity index (χ0v) is 13.2. The fourth-order valence-corrected chi connectivity index (χ4v) is 2.88. The standard InChI is InChI=1S/C18H17F3N2O2/c19-18(20,21)13-6-3-5-12(11-13)17(25)14-7-1-2-8-15(14)23-16(17)22-9-4-10-24/h1-3,5-8,11,24-25H,4,9-10H2,(H,22,23). The lowest BCUT2D eigenvalue weighted by Gasteiger charge is -2.25. The number of aliphatic hydroxyl groups is 2. The number of nitrogens with one attached hydrogen (secondary N) is 1. The van der Waals surface area contributed by atoms with Gasteiger partial charge >= 0.3 is 6.18 Å². The van der Waals surface area contributed by atoms with E-state index in [9.17, 15) is 18.3 Å². The summed E-state index contributed by atoms with van der Waals surface area (Å²) < 4.78 is 39.2. The van der Waals surface area contributed by atoms with Crippen LogP contribution < -0.4 is 5.32 Å². The second-order valence-electron chi connectivity index (χ2n) is 5.77.